The minimum Gasteiger partial charge on any atom is -0.325 e. The molecular formula is C12H24N4O2S. The van der Waals surface area contributed by atoms with E-state index in [2.05, 4.69) is 14.9 Å². The number of hydrogen-bond acceptors (Lipinski definition) is 4. The fraction of sp³-hybridized carbons (Fsp3) is 0.750. The summed E-state index contributed by atoms with van der Waals surface area (Å²) in [4.78, 5) is 0.190. The first-order chi connectivity index (χ1) is 8.85. The van der Waals surface area contributed by atoms with E-state index in [9.17, 15) is 8.42 Å². The van der Waals surface area contributed by atoms with Crippen LogP contribution in [-0.2, 0) is 16.6 Å². The highest BCUT2D eigenvalue weighted by Crippen LogP contribution is 2.25. The van der Waals surface area contributed by atoms with E-state index < -0.39 is 15.6 Å². The molecule has 0 aromatic carbocycles. The standard InChI is InChI=1S/C12H24N4O2S/c1-5-12(6-2,7-3)16-19(17,18)11-9(4)14-15-10(11)8-13/h16H,5-8,13H2,1-4H3,(H,14,15). The molecule has 7 heteroatoms. The van der Waals surface area contributed by atoms with Gasteiger partial charge >= 0.3 is 0 Å². The molecule has 0 saturated heterocycles. The minimum absolute atomic E-state index is 0.0952. The first-order valence-corrected chi connectivity index (χ1v) is 8.12. The van der Waals surface area contributed by atoms with Crippen molar-refractivity contribution in [3.8, 4) is 0 Å². The topological polar surface area (TPSA) is 101 Å². The lowest BCUT2D eigenvalue weighted by molar-refractivity contribution is 0.341. The van der Waals surface area contributed by atoms with Crippen LogP contribution in [0.25, 0.3) is 0 Å². The molecule has 0 spiro atoms. The molecule has 0 bridgehead atoms. The lowest BCUT2D eigenvalue weighted by Crippen LogP contribution is -2.47. The van der Waals surface area contributed by atoms with E-state index in [1.807, 2.05) is 20.8 Å². The van der Waals surface area contributed by atoms with E-state index in [1.54, 1.807) is 6.92 Å². The average Bonchev–Trinajstić information content (AvgIpc) is 2.78. The van der Waals surface area contributed by atoms with Gasteiger partial charge < -0.3 is 5.73 Å². The number of H-pyrrole nitrogens is 1. The van der Waals surface area contributed by atoms with Gasteiger partial charge in [0.1, 0.15) is 4.90 Å². The van der Waals surface area contributed by atoms with Crippen LogP contribution < -0.4 is 10.5 Å². The van der Waals surface area contributed by atoms with Crippen molar-refractivity contribution in [1.82, 2.24) is 14.9 Å². The van der Waals surface area contributed by atoms with Crippen molar-refractivity contribution in [2.24, 2.45) is 5.73 Å². The van der Waals surface area contributed by atoms with E-state index in [-0.39, 0.29) is 11.4 Å². The van der Waals surface area contributed by atoms with Gasteiger partial charge in [0.25, 0.3) is 0 Å². The fourth-order valence-corrected chi connectivity index (χ4v) is 4.26. The summed E-state index contributed by atoms with van der Waals surface area (Å²) in [6.07, 6.45) is 2.23. The van der Waals surface area contributed by atoms with Crippen LogP contribution in [-0.4, -0.2) is 24.2 Å². The molecule has 0 fully saturated rings. The summed E-state index contributed by atoms with van der Waals surface area (Å²) in [5.41, 5.74) is 6.03. The van der Waals surface area contributed by atoms with Gasteiger partial charge in [-0.05, 0) is 26.2 Å². The van der Waals surface area contributed by atoms with Gasteiger partial charge in [-0.2, -0.15) is 5.10 Å². The van der Waals surface area contributed by atoms with Crippen LogP contribution in [0.3, 0.4) is 0 Å². The third-order valence-electron chi connectivity index (χ3n) is 3.80. The maximum Gasteiger partial charge on any atom is 0.244 e. The zero-order valence-electron chi connectivity index (χ0n) is 12.1. The number of nitrogens with zero attached hydrogens (tertiary/aromatic N) is 1. The van der Waals surface area contributed by atoms with Crippen LogP contribution in [0.4, 0.5) is 0 Å². The van der Waals surface area contributed by atoms with Gasteiger partial charge in [-0.15, -0.1) is 0 Å². The van der Waals surface area contributed by atoms with Gasteiger partial charge in [0.2, 0.25) is 10.0 Å². The maximum absolute atomic E-state index is 12.6. The Hall–Kier alpha value is -0.920. The van der Waals surface area contributed by atoms with Gasteiger partial charge in [0.15, 0.2) is 0 Å². The summed E-state index contributed by atoms with van der Waals surface area (Å²) in [6.45, 7) is 7.75. The molecule has 1 heterocycles. The lowest BCUT2D eigenvalue weighted by Gasteiger charge is -2.31. The van der Waals surface area contributed by atoms with Crippen molar-refractivity contribution in [2.75, 3.05) is 0 Å². The number of aromatic amines is 1. The molecular weight excluding hydrogens is 264 g/mol. The Morgan fingerprint density at radius 2 is 1.79 bits per heavy atom. The highest BCUT2D eigenvalue weighted by atomic mass is 32.2. The number of aryl methyl sites for hydroxylation is 1. The van der Waals surface area contributed by atoms with Crippen molar-refractivity contribution in [3.05, 3.63) is 11.4 Å². The summed E-state index contributed by atoms with van der Waals surface area (Å²) in [5, 5.41) is 6.62. The molecule has 19 heavy (non-hydrogen) atoms. The number of aromatic nitrogens is 2. The molecule has 0 amide bonds. The average molecular weight is 288 g/mol. The summed E-state index contributed by atoms with van der Waals surface area (Å²) >= 11 is 0. The SMILES string of the molecule is CCC(CC)(CC)NS(=O)(=O)c1c(CN)n[nH]c1C. The zero-order chi connectivity index (χ0) is 14.7. The quantitative estimate of drug-likeness (QED) is 0.706. The molecule has 0 atom stereocenters. The Kier molecular flexibility index (Phi) is 5.11. The van der Waals surface area contributed by atoms with Gasteiger partial charge in [0.05, 0.1) is 11.4 Å². The second-order valence-electron chi connectivity index (χ2n) is 4.78. The van der Waals surface area contributed by atoms with Gasteiger partial charge in [-0.3, -0.25) is 5.10 Å². The zero-order valence-corrected chi connectivity index (χ0v) is 12.9. The molecule has 0 unspecified atom stereocenters. The van der Waals surface area contributed by atoms with Crippen LogP contribution in [0.15, 0.2) is 4.90 Å². The molecule has 0 aliphatic heterocycles. The highest BCUT2D eigenvalue weighted by Gasteiger charge is 2.33. The maximum atomic E-state index is 12.6. The Bertz CT molecular complexity index is 510. The van der Waals surface area contributed by atoms with Crippen LogP contribution >= 0.6 is 0 Å². The van der Waals surface area contributed by atoms with E-state index in [0.29, 0.717) is 11.4 Å². The van der Waals surface area contributed by atoms with Gasteiger partial charge in [-0.25, -0.2) is 13.1 Å². The predicted molar refractivity (Wildman–Crippen MR) is 75.1 cm³/mol. The Morgan fingerprint density at radius 3 is 2.21 bits per heavy atom. The van der Waals surface area contributed by atoms with Crippen molar-refractivity contribution in [3.63, 3.8) is 0 Å². The summed E-state index contributed by atoms with van der Waals surface area (Å²) < 4.78 is 27.9. The Labute approximate surface area is 115 Å². The van der Waals surface area contributed by atoms with Gasteiger partial charge in [-0.1, -0.05) is 20.8 Å². The molecule has 0 radical (unpaired) electrons. The number of sulfonamides is 1. The third-order valence-corrected chi connectivity index (χ3v) is 5.59. The number of hydrogen-bond donors (Lipinski definition) is 3. The summed E-state index contributed by atoms with van der Waals surface area (Å²) in [5.74, 6) is 0. The molecule has 1 aromatic rings. The summed E-state index contributed by atoms with van der Waals surface area (Å²) in [7, 11) is -3.61. The largest absolute Gasteiger partial charge is 0.325 e. The van der Waals surface area contributed by atoms with Gasteiger partial charge in [0, 0.05) is 12.1 Å². The molecule has 110 valence electrons. The molecule has 1 rings (SSSR count). The van der Waals surface area contributed by atoms with Crippen molar-refractivity contribution < 1.29 is 8.42 Å². The van der Waals surface area contributed by atoms with Crippen molar-refractivity contribution in [1.29, 1.82) is 0 Å². The molecule has 0 saturated carbocycles. The van der Waals surface area contributed by atoms with Crippen LogP contribution in [0.5, 0.6) is 0 Å². The van der Waals surface area contributed by atoms with E-state index >= 15 is 0 Å². The van der Waals surface area contributed by atoms with E-state index in [4.69, 9.17) is 5.73 Å². The van der Waals surface area contributed by atoms with Crippen molar-refractivity contribution in [2.45, 2.75) is 63.9 Å². The number of nitrogens with one attached hydrogen (secondary N) is 2. The molecule has 1 aromatic heterocycles. The lowest BCUT2D eigenvalue weighted by atomic mass is 9.91. The van der Waals surface area contributed by atoms with Crippen molar-refractivity contribution >= 4 is 10.0 Å². The molecule has 0 aliphatic carbocycles. The first kappa shape index (κ1) is 16.1. The normalized spacial score (nSPS) is 12.9. The van der Waals surface area contributed by atoms with E-state index in [0.717, 1.165) is 19.3 Å². The third kappa shape index (κ3) is 3.16. The van der Waals surface area contributed by atoms with Crippen LogP contribution in [0.2, 0.25) is 0 Å². The van der Waals surface area contributed by atoms with Crippen LogP contribution in [0.1, 0.15) is 51.4 Å². The van der Waals surface area contributed by atoms with Crippen LogP contribution in [0, 0.1) is 6.92 Å². The highest BCUT2D eigenvalue weighted by molar-refractivity contribution is 7.89. The smallest absolute Gasteiger partial charge is 0.244 e. The molecule has 4 N–H and O–H groups in total. The Morgan fingerprint density at radius 1 is 1.26 bits per heavy atom. The molecule has 0 aliphatic rings. The summed E-state index contributed by atoms with van der Waals surface area (Å²) in [6, 6.07) is 0. The second-order valence-corrected chi connectivity index (χ2v) is 6.39. The first-order valence-electron chi connectivity index (χ1n) is 6.63. The predicted octanol–water partition coefficient (Wildman–Crippen LogP) is 1.42. The number of rotatable bonds is 7. The fourth-order valence-electron chi connectivity index (χ4n) is 2.27. The molecule has 6 nitrogen and oxygen atoms in total. The Balaban J connectivity index is 3.21. The van der Waals surface area contributed by atoms with E-state index in [1.165, 1.54) is 0 Å². The number of nitrogens with two attached hydrogens (primary N) is 1. The monoisotopic (exact) mass is 288 g/mol. The minimum atomic E-state index is -3.61. The second kappa shape index (κ2) is 6.02.